The van der Waals surface area contributed by atoms with Gasteiger partial charge in [0.2, 0.25) is 0 Å². The lowest BCUT2D eigenvalue weighted by Crippen LogP contribution is -2.06. The predicted molar refractivity (Wildman–Crippen MR) is 32.9 cm³/mol. The van der Waals surface area contributed by atoms with Crippen LogP contribution < -0.4 is 0 Å². The molecule has 0 amide bonds. The maximum absolute atomic E-state index is 10.4. The van der Waals surface area contributed by atoms with Gasteiger partial charge in [0.05, 0.1) is 13.2 Å². The minimum atomic E-state index is -0.413. The lowest BCUT2D eigenvalue weighted by Gasteiger charge is -2.00. The molecule has 0 fully saturated rings. The van der Waals surface area contributed by atoms with Crippen molar-refractivity contribution in [2.24, 2.45) is 0 Å². The van der Waals surface area contributed by atoms with Gasteiger partial charge in [-0.3, -0.25) is 4.79 Å². The van der Waals surface area contributed by atoms with Crippen molar-refractivity contribution in [3.63, 3.8) is 0 Å². The first-order valence-electron chi connectivity index (χ1n) is 2.91. The number of rotatable bonds is 3. The van der Waals surface area contributed by atoms with E-state index in [1.54, 1.807) is 6.92 Å². The van der Waals surface area contributed by atoms with E-state index in [1.165, 1.54) is 7.11 Å². The van der Waals surface area contributed by atoms with Crippen molar-refractivity contribution in [3.05, 3.63) is 0 Å². The molecule has 0 aliphatic heterocycles. The van der Waals surface area contributed by atoms with Gasteiger partial charge in [0, 0.05) is 6.42 Å². The van der Waals surface area contributed by atoms with Crippen LogP contribution in [-0.2, 0) is 9.53 Å². The Morgan fingerprint density at radius 1 is 1.78 bits per heavy atom. The average Bonchev–Trinajstić information content (AvgIpc) is 1.83. The van der Waals surface area contributed by atoms with E-state index in [4.69, 9.17) is 5.11 Å². The average molecular weight is 132 g/mol. The third-order valence-corrected chi connectivity index (χ3v) is 0.994. The van der Waals surface area contributed by atoms with E-state index in [-0.39, 0.29) is 5.97 Å². The summed E-state index contributed by atoms with van der Waals surface area (Å²) in [5.74, 6) is -0.268. The summed E-state index contributed by atoms with van der Waals surface area (Å²) in [6.45, 7) is 1.64. The van der Waals surface area contributed by atoms with Gasteiger partial charge in [-0.15, -0.1) is 0 Å². The van der Waals surface area contributed by atoms with Crippen LogP contribution in [0.2, 0.25) is 0 Å². The van der Waals surface area contributed by atoms with Crippen LogP contribution in [0.1, 0.15) is 19.8 Å². The summed E-state index contributed by atoms with van der Waals surface area (Å²) in [5.41, 5.74) is 0. The molecular weight excluding hydrogens is 120 g/mol. The van der Waals surface area contributed by atoms with E-state index in [1.807, 2.05) is 0 Å². The number of hydrogen-bond acceptors (Lipinski definition) is 3. The monoisotopic (exact) mass is 132 g/mol. The van der Waals surface area contributed by atoms with Crippen LogP contribution in [0.5, 0.6) is 0 Å². The third-order valence-electron chi connectivity index (χ3n) is 0.994. The normalized spacial score (nSPS) is 12.8. The van der Waals surface area contributed by atoms with Crippen LogP contribution in [0.4, 0.5) is 0 Å². The number of methoxy groups -OCH3 is 1. The topological polar surface area (TPSA) is 46.5 Å². The Kier molecular flexibility index (Phi) is 4.05. The molecule has 9 heavy (non-hydrogen) atoms. The highest BCUT2D eigenvalue weighted by Gasteiger charge is 2.01. The molecule has 0 aromatic carbocycles. The lowest BCUT2D eigenvalue weighted by atomic mass is 10.2. The smallest absolute Gasteiger partial charge is 0.305 e. The van der Waals surface area contributed by atoms with Crippen LogP contribution >= 0.6 is 0 Å². The molecule has 0 rings (SSSR count). The molecule has 0 radical (unpaired) electrons. The van der Waals surface area contributed by atoms with Crippen molar-refractivity contribution >= 4 is 5.97 Å². The summed E-state index contributed by atoms with van der Waals surface area (Å²) in [7, 11) is 1.34. The Hall–Kier alpha value is -0.570. The summed E-state index contributed by atoms with van der Waals surface area (Å²) < 4.78 is 4.35. The third kappa shape index (κ3) is 5.30. The Bertz CT molecular complexity index is 88.3. The minimum Gasteiger partial charge on any atom is -0.469 e. The molecule has 54 valence electrons. The van der Waals surface area contributed by atoms with E-state index in [9.17, 15) is 4.79 Å². The summed E-state index contributed by atoms with van der Waals surface area (Å²) >= 11 is 0. The van der Waals surface area contributed by atoms with Crippen LogP contribution in [0, 0.1) is 0 Å². The molecule has 0 aromatic rings. The fraction of sp³-hybridized carbons (Fsp3) is 0.833. The zero-order valence-electron chi connectivity index (χ0n) is 5.76. The number of hydrogen-bond donors (Lipinski definition) is 1. The Morgan fingerprint density at radius 3 is 2.67 bits per heavy atom. The first kappa shape index (κ1) is 8.43. The quantitative estimate of drug-likeness (QED) is 0.562. The fourth-order valence-corrected chi connectivity index (χ4v) is 0.429. The van der Waals surface area contributed by atoms with E-state index in [0.29, 0.717) is 12.8 Å². The second-order valence-corrected chi connectivity index (χ2v) is 1.96. The molecule has 0 unspecified atom stereocenters. The van der Waals surface area contributed by atoms with Gasteiger partial charge in [0.15, 0.2) is 0 Å². The molecule has 0 aromatic heterocycles. The fourth-order valence-electron chi connectivity index (χ4n) is 0.429. The molecule has 0 saturated carbocycles. The molecule has 0 saturated heterocycles. The number of aliphatic hydroxyl groups is 1. The molecule has 1 N–H and O–H groups in total. The second kappa shape index (κ2) is 4.32. The molecule has 3 heteroatoms. The minimum absolute atomic E-state index is 0.268. The number of carbonyl (C=O) groups is 1. The maximum Gasteiger partial charge on any atom is 0.305 e. The van der Waals surface area contributed by atoms with Gasteiger partial charge in [-0.05, 0) is 13.3 Å². The number of carbonyl (C=O) groups excluding carboxylic acids is 1. The van der Waals surface area contributed by atoms with Crippen molar-refractivity contribution in [2.75, 3.05) is 7.11 Å². The predicted octanol–water partition coefficient (Wildman–Crippen LogP) is 0.320. The zero-order chi connectivity index (χ0) is 7.28. The van der Waals surface area contributed by atoms with Gasteiger partial charge in [0.25, 0.3) is 0 Å². The highest BCUT2D eigenvalue weighted by Crippen LogP contribution is 1.95. The van der Waals surface area contributed by atoms with Crippen molar-refractivity contribution in [3.8, 4) is 0 Å². The Labute approximate surface area is 54.6 Å². The first-order valence-corrected chi connectivity index (χ1v) is 2.91. The highest BCUT2D eigenvalue weighted by molar-refractivity contribution is 5.69. The summed E-state index contributed by atoms with van der Waals surface area (Å²) in [4.78, 5) is 10.4. The van der Waals surface area contributed by atoms with Gasteiger partial charge in [-0.1, -0.05) is 0 Å². The number of aliphatic hydroxyl groups excluding tert-OH is 1. The molecule has 0 aliphatic rings. The van der Waals surface area contributed by atoms with Gasteiger partial charge in [-0.25, -0.2) is 0 Å². The van der Waals surface area contributed by atoms with E-state index in [2.05, 4.69) is 4.74 Å². The van der Waals surface area contributed by atoms with E-state index >= 15 is 0 Å². The van der Waals surface area contributed by atoms with Crippen molar-refractivity contribution in [1.82, 2.24) is 0 Å². The molecule has 1 atom stereocenters. The molecule has 0 aliphatic carbocycles. The number of ether oxygens (including phenoxy) is 1. The van der Waals surface area contributed by atoms with E-state index < -0.39 is 6.10 Å². The summed E-state index contributed by atoms with van der Waals surface area (Å²) in [6, 6.07) is 0. The van der Waals surface area contributed by atoms with Gasteiger partial charge >= 0.3 is 5.97 Å². The standard InChI is InChI=1S/C6H12O3/c1-5(7)3-4-6(8)9-2/h5,7H,3-4H2,1-2H3/t5-/m1/s1. The molecule has 0 spiro atoms. The van der Waals surface area contributed by atoms with Crippen molar-refractivity contribution < 1.29 is 14.6 Å². The van der Waals surface area contributed by atoms with Crippen molar-refractivity contribution in [1.29, 1.82) is 0 Å². The van der Waals surface area contributed by atoms with Crippen LogP contribution in [0.3, 0.4) is 0 Å². The first-order chi connectivity index (χ1) is 4.16. The lowest BCUT2D eigenvalue weighted by molar-refractivity contribution is -0.141. The van der Waals surface area contributed by atoms with Crippen LogP contribution in [-0.4, -0.2) is 24.3 Å². The largest absolute Gasteiger partial charge is 0.469 e. The molecule has 0 heterocycles. The van der Waals surface area contributed by atoms with Gasteiger partial charge in [0.1, 0.15) is 0 Å². The molecule has 3 nitrogen and oxygen atoms in total. The Balaban J connectivity index is 3.17. The van der Waals surface area contributed by atoms with Gasteiger partial charge < -0.3 is 9.84 Å². The molecular formula is C6H12O3. The summed E-state index contributed by atoms with van der Waals surface area (Å²) in [6.07, 6.45) is 0.366. The second-order valence-electron chi connectivity index (χ2n) is 1.96. The SMILES string of the molecule is COC(=O)CC[C@@H](C)O. The zero-order valence-corrected chi connectivity index (χ0v) is 5.76. The Morgan fingerprint density at radius 2 is 2.33 bits per heavy atom. The van der Waals surface area contributed by atoms with Gasteiger partial charge in [-0.2, -0.15) is 0 Å². The maximum atomic E-state index is 10.4. The van der Waals surface area contributed by atoms with Crippen LogP contribution in [0.15, 0.2) is 0 Å². The van der Waals surface area contributed by atoms with Crippen LogP contribution in [0.25, 0.3) is 0 Å². The summed E-state index contributed by atoms with van der Waals surface area (Å²) in [5, 5.41) is 8.69. The van der Waals surface area contributed by atoms with Crippen molar-refractivity contribution in [2.45, 2.75) is 25.9 Å². The highest BCUT2D eigenvalue weighted by atomic mass is 16.5. The molecule has 0 bridgehead atoms. The number of esters is 1. The van der Waals surface area contributed by atoms with E-state index in [0.717, 1.165) is 0 Å².